The third-order valence-electron chi connectivity index (χ3n) is 5.92. The lowest BCUT2D eigenvalue weighted by Gasteiger charge is -2.37. The number of benzene rings is 2. The van der Waals surface area contributed by atoms with Crippen LogP contribution in [-0.2, 0) is 13.6 Å². The molecule has 0 saturated carbocycles. The van der Waals surface area contributed by atoms with Crippen LogP contribution in [-0.4, -0.2) is 40.9 Å². The number of nitrogens with zero attached hydrogens (tertiary/aromatic N) is 5. The number of anilines is 3. The second-order valence-electron chi connectivity index (χ2n) is 8.06. The molecule has 8 nitrogen and oxygen atoms in total. The second-order valence-corrected chi connectivity index (χ2v) is 8.06. The number of pyridine rings is 1. The molecule has 0 saturated heterocycles. The molecule has 1 aliphatic heterocycles. The van der Waals surface area contributed by atoms with E-state index < -0.39 is 26.1 Å². The smallest absolute Gasteiger partial charge is 0.333 e. The highest BCUT2D eigenvalue weighted by Crippen LogP contribution is 2.39. The summed E-state index contributed by atoms with van der Waals surface area (Å²) < 4.78 is 59.1. The van der Waals surface area contributed by atoms with Gasteiger partial charge in [-0.15, -0.1) is 0 Å². The van der Waals surface area contributed by atoms with E-state index in [-0.39, 0.29) is 18.2 Å². The van der Waals surface area contributed by atoms with Crippen molar-refractivity contribution >= 4 is 34.0 Å². The number of aromatic nitrogens is 3. The van der Waals surface area contributed by atoms with Gasteiger partial charge in [-0.05, 0) is 49.4 Å². The molecule has 10 heteroatoms. The summed E-state index contributed by atoms with van der Waals surface area (Å²) in [5.41, 5.74) is 3.84. The number of carbonyl (C=O) groups is 1. The topological polar surface area (TPSA) is 72.7 Å². The lowest BCUT2D eigenvalue weighted by atomic mass is 10.1. The fraction of sp³-hybridized carbons (Fsp3) is 0.240. The first-order valence-corrected chi connectivity index (χ1v) is 10.7. The normalized spacial score (nSPS) is 15.1. The Morgan fingerprint density at radius 2 is 1.91 bits per heavy atom. The van der Waals surface area contributed by atoms with Crippen LogP contribution >= 0.6 is 0 Å². The molecule has 0 fully saturated rings. The highest BCUT2D eigenvalue weighted by atomic mass is 19.3. The van der Waals surface area contributed by atoms with Gasteiger partial charge in [-0.2, -0.15) is 5.10 Å². The van der Waals surface area contributed by atoms with Gasteiger partial charge in [-0.1, -0.05) is 0 Å². The minimum absolute atomic E-state index is 0.0509. The second kappa shape index (κ2) is 8.86. The Kier molecular flexibility index (Phi) is 4.84. The zero-order chi connectivity index (χ0) is 27.2. The van der Waals surface area contributed by atoms with E-state index in [4.69, 9.17) is 13.6 Å². The number of fused-ring (bicyclic) bond motifs is 2. The average Bonchev–Trinajstić information content (AvgIpc) is 3.15. The number of hydrogen-bond donors (Lipinski definition) is 0. The van der Waals surface area contributed by atoms with Gasteiger partial charge in [-0.25, -0.2) is 18.6 Å². The maximum atomic E-state index is 13.9. The van der Waals surface area contributed by atoms with Crippen molar-refractivity contribution in [2.24, 2.45) is 7.05 Å². The maximum absolute atomic E-state index is 13.9. The van der Waals surface area contributed by atoms with Crippen LogP contribution in [0.4, 0.5) is 30.6 Å². The molecule has 2 aromatic carbocycles. The number of alkyl halides is 2. The molecule has 1 aliphatic rings. The molecule has 4 aromatic rings. The van der Waals surface area contributed by atoms with Crippen LogP contribution in [0.1, 0.15) is 15.4 Å². The fourth-order valence-electron chi connectivity index (χ4n) is 4.07. The molecular weight excluding hydrogens is 456 g/mol. The van der Waals surface area contributed by atoms with E-state index in [1.807, 2.05) is 26.1 Å². The lowest BCUT2D eigenvalue weighted by molar-refractivity contribution is 0.0796. The first-order chi connectivity index (χ1) is 18.0. The third-order valence-corrected chi connectivity index (χ3v) is 5.92. The van der Waals surface area contributed by atoms with Crippen LogP contribution < -0.4 is 19.3 Å². The monoisotopic (exact) mass is 482 g/mol. The number of hydrogen-bond acceptors (Lipinski definition) is 5. The minimum Gasteiger partial charge on any atom is -0.497 e. The van der Waals surface area contributed by atoms with E-state index in [2.05, 4.69) is 10.1 Å². The molecule has 0 radical (unpaired) electrons. The zero-order valence-electron chi connectivity index (χ0n) is 21.9. The number of ether oxygens (including phenoxy) is 2. The van der Waals surface area contributed by atoms with E-state index in [0.29, 0.717) is 22.6 Å². The average molecular weight is 483 g/mol. The Morgan fingerprint density at radius 1 is 1.14 bits per heavy atom. The summed E-state index contributed by atoms with van der Waals surface area (Å²) in [5.74, 6) is 0.0496. The number of urea groups is 1. The van der Waals surface area contributed by atoms with Crippen molar-refractivity contribution in [1.82, 2.24) is 14.8 Å². The number of rotatable bonds is 6. The molecule has 0 N–H and O–H groups in total. The Labute approximate surface area is 204 Å². The van der Waals surface area contributed by atoms with Crippen LogP contribution in [0.15, 0.2) is 54.7 Å². The fourth-order valence-corrected chi connectivity index (χ4v) is 4.07. The Morgan fingerprint density at radius 3 is 2.66 bits per heavy atom. The zero-order valence-corrected chi connectivity index (χ0v) is 18.9. The third kappa shape index (κ3) is 4.11. The Balaban J connectivity index is 1.57. The SMILES string of the molecule is [2H]C([2H])([2H])Oc1ccc(N2C(=O)N(c3ccc4nn(C)c(C)c4c3)Cc3cnc(OCC(F)F)cc32)cc1. The van der Waals surface area contributed by atoms with Crippen LogP contribution in [0.25, 0.3) is 10.9 Å². The molecule has 0 bridgehead atoms. The molecule has 180 valence electrons. The van der Waals surface area contributed by atoms with Gasteiger partial charge >= 0.3 is 6.03 Å². The van der Waals surface area contributed by atoms with Crippen molar-refractivity contribution in [3.8, 4) is 11.6 Å². The van der Waals surface area contributed by atoms with Crippen molar-refractivity contribution in [1.29, 1.82) is 0 Å². The molecule has 2 aromatic heterocycles. The van der Waals surface area contributed by atoms with Crippen LogP contribution in [0.2, 0.25) is 0 Å². The number of halogens is 2. The van der Waals surface area contributed by atoms with E-state index in [0.717, 1.165) is 16.6 Å². The first kappa shape index (κ1) is 19.1. The number of amides is 2. The Hall–Kier alpha value is -4.21. The van der Waals surface area contributed by atoms with Crippen molar-refractivity contribution in [3.05, 3.63) is 66.0 Å². The molecular formula is C25H23F2N5O3. The number of methoxy groups -OCH3 is 1. The van der Waals surface area contributed by atoms with Crippen molar-refractivity contribution in [2.45, 2.75) is 19.9 Å². The summed E-state index contributed by atoms with van der Waals surface area (Å²) in [7, 11) is -0.782. The summed E-state index contributed by atoms with van der Waals surface area (Å²) in [6.07, 6.45) is -1.19. The highest BCUT2D eigenvalue weighted by Gasteiger charge is 2.33. The van der Waals surface area contributed by atoms with Crippen molar-refractivity contribution in [2.75, 3.05) is 23.4 Å². The van der Waals surface area contributed by atoms with Gasteiger partial charge in [0.1, 0.15) is 5.75 Å². The first-order valence-electron chi connectivity index (χ1n) is 12.2. The van der Waals surface area contributed by atoms with Crippen molar-refractivity contribution < 1.29 is 27.2 Å². The van der Waals surface area contributed by atoms with E-state index in [1.165, 1.54) is 29.3 Å². The summed E-state index contributed by atoms with van der Waals surface area (Å²) in [4.78, 5) is 21.1. The predicted molar refractivity (Wildman–Crippen MR) is 128 cm³/mol. The van der Waals surface area contributed by atoms with Gasteiger partial charge in [0.25, 0.3) is 6.43 Å². The standard InChI is InChI=1S/C25H23F2N5O3/c1-15-20-10-18(6-9-21(20)29-30(15)2)31-13-16-12-28-24(35-14-23(26)27)11-22(16)32(25(31)33)17-4-7-19(34-3)8-5-17/h4-12,23H,13-14H2,1-3H3/i3D3. The highest BCUT2D eigenvalue weighted by molar-refractivity contribution is 6.11. The van der Waals surface area contributed by atoms with Crippen LogP contribution in [0, 0.1) is 6.92 Å². The largest absolute Gasteiger partial charge is 0.497 e. The lowest BCUT2D eigenvalue weighted by Crippen LogP contribution is -2.45. The molecule has 35 heavy (non-hydrogen) atoms. The minimum atomic E-state index is -2.68. The molecule has 5 rings (SSSR count). The van der Waals surface area contributed by atoms with Gasteiger partial charge in [-0.3, -0.25) is 14.5 Å². The van der Waals surface area contributed by atoms with Crippen molar-refractivity contribution in [3.63, 3.8) is 0 Å². The summed E-state index contributed by atoms with van der Waals surface area (Å²) >= 11 is 0. The van der Waals surface area contributed by atoms with Gasteiger partial charge in [0, 0.05) is 41.6 Å². The molecule has 0 unspecified atom stereocenters. The number of aryl methyl sites for hydroxylation is 2. The Bertz CT molecular complexity index is 1510. The van der Waals surface area contributed by atoms with Gasteiger partial charge in [0.2, 0.25) is 5.88 Å². The van der Waals surface area contributed by atoms with Crippen LogP contribution in [0.3, 0.4) is 0 Å². The van der Waals surface area contributed by atoms with Gasteiger partial charge < -0.3 is 9.47 Å². The van der Waals surface area contributed by atoms with Gasteiger partial charge in [0.15, 0.2) is 6.61 Å². The number of carbonyl (C=O) groups excluding carboxylic acids is 1. The van der Waals surface area contributed by atoms with Gasteiger partial charge in [0.05, 0.1) is 34.6 Å². The molecule has 0 spiro atoms. The predicted octanol–water partition coefficient (Wildman–Crippen LogP) is 5.21. The van der Waals surface area contributed by atoms with Crippen LogP contribution in [0.5, 0.6) is 11.6 Å². The molecule has 0 atom stereocenters. The molecule has 3 heterocycles. The molecule has 0 aliphatic carbocycles. The molecule has 2 amide bonds. The summed E-state index contributed by atoms with van der Waals surface area (Å²) in [5, 5.41) is 5.36. The summed E-state index contributed by atoms with van der Waals surface area (Å²) in [6, 6.07) is 12.5. The summed E-state index contributed by atoms with van der Waals surface area (Å²) in [6.45, 7) is 1.28. The quantitative estimate of drug-likeness (QED) is 0.377. The van der Waals surface area contributed by atoms with E-state index >= 15 is 0 Å². The maximum Gasteiger partial charge on any atom is 0.333 e. The van der Waals surface area contributed by atoms with E-state index in [1.54, 1.807) is 27.8 Å². The van der Waals surface area contributed by atoms with E-state index in [9.17, 15) is 13.6 Å².